The van der Waals surface area contributed by atoms with Gasteiger partial charge in [0.2, 0.25) is 0 Å². The van der Waals surface area contributed by atoms with E-state index in [1.807, 2.05) is 43.7 Å². The molecule has 8 heteroatoms. The Hall–Kier alpha value is -3.00. The van der Waals surface area contributed by atoms with Crippen molar-refractivity contribution >= 4 is 11.7 Å². The van der Waals surface area contributed by atoms with Crippen LogP contribution in [-0.2, 0) is 11.8 Å². The van der Waals surface area contributed by atoms with Gasteiger partial charge in [-0.2, -0.15) is 0 Å². The van der Waals surface area contributed by atoms with Crippen LogP contribution in [0.15, 0.2) is 42.8 Å². The quantitative estimate of drug-likeness (QED) is 0.889. The Morgan fingerprint density at radius 1 is 1.33 bits per heavy atom. The van der Waals surface area contributed by atoms with E-state index in [9.17, 15) is 9.90 Å². The number of amides is 1. The monoisotopic (exact) mass is 367 g/mol. The van der Waals surface area contributed by atoms with Gasteiger partial charge in [0.05, 0.1) is 24.5 Å². The average Bonchev–Trinajstić information content (AvgIpc) is 3.26. The third-order valence-corrected chi connectivity index (χ3v) is 4.88. The molecule has 2 atom stereocenters. The highest BCUT2D eigenvalue weighted by Gasteiger charge is 2.40. The summed E-state index contributed by atoms with van der Waals surface area (Å²) in [7, 11) is 1.82. The minimum Gasteiger partial charge on any atom is -0.441 e. The molecule has 2 aromatic rings. The topological polar surface area (TPSA) is 93.4 Å². The van der Waals surface area contributed by atoms with Crippen LogP contribution in [-0.4, -0.2) is 61.4 Å². The number of carbonyl (C=O) groups is 1. The fourth-order valence-electron chi connectivity index (χ4n) is 3.49. The number of aliphatic hydroxyl groups is 1. The van der Waals surface area contributed by atoms with Crippen LogP contribution in [0.3, 0.4) is 0 Å². The highest BCUT2D eigenvalue weighted by Crippen LogP contribution is 2.27. The second kappa shape index (κ2) is 7.32. The van der Waals surface area contributed by atoms with Gasteiger partial charge in [0.25, 0.3) is 0 Å². The molecule has 2 aromatic heterocycles. The predicted molar refractivity (Wildman–Crippen MR) is 98.4 cm³/mol. The molecule has 1 N–H and O–H groups in total. The molecule has 0 bridgehead atoms. The van der Waals surface area contributed by atoms with Crippen LogP contribution in [0.4, 0.5) is 4.79 Å². The Morgan fingerprint density at radius 3 is 2.93 bits per heavy atom. The lowest BCUT2D eigenvalue weighted by Gasteiger charge is -2.21. The van der Waals surface area contributed by atoms with Crippen molar-refractivity contribution in [2.45, 2.75) is 25.0 Å². The smallest absolute Gasteiger partial charge is 0.410 e. The van der Waals surface area contributed by atoms with Crippen molar-refractivity contribution in [2.75, 3.05) is 13.2 Å². The van der Waals surface area contributed by atoms with Crippen molar-refractivity contribution in [1.29, 1.82) is 0 Å². The van der Waals surface area contributed by atoms with Crippen LogP contribution in [0.25, 0.3) is 17.0 Å². The normalized spacial score (nSPS) is 22.5. The Morgan fingerprint density at radius 2 is 2.22 bits per heavy atom. The maximum Gasteiger partial charge on any atom is 0.410 e. The molecule has 2 aliphatic rings. The number of carbonyl (C=O) groups excluding carboxylic acids is 1. The Bertz CT molecular complexity index is 887. The lowest BCUT2D eigenvalue weighted by molar-refractivity contribution is 0.0815. The molecule has 0 radical (unpaired) electrons. The molecule has 0 aromatic carbocycles. The van der Waals surface area contributed by atoms with E-state index in [1.165, 1.54) is 0 Å². The van der Waals surface area contributed by atoms with Crippen LogP contribution in [0.5, 0.6) is 0 Å². The van der Waals surface area contributed by atoms with Gasteiger partial charge in [0, 0.05) is 19.8 Å². The summed E-state index contributed by atoms with van der Waals surface area (Å²) in [5, 5.41) is 17.5. The maximum absolute atomic E-state index is 12.0. The van der Waals surface area contributed by atoms with E-state index >= 15 is 0 Å². The van der Waals surface area contributed by atoms with Gasteiger partial charge in [-0.1, -0.05) is 29.5 Å². The van der Waals surface area contributed by atoms with Gasteiger partial charge in [-0.05, 0) is 30.0 Å². The lowest BCUT2D eigenvalue weighted by atomic mass is 10.0. The van der Waals surface area contributed by atoms with Crippen LogP contribution < -0.4 is 0 Å². The highest BCUT2D eigenvalue weighted by molar-refractivity contribution is 5.75. The second-order valence-corrected chi connectivity index (χ2v) is 6.67. The molecule has 0 aliphatic carbocycles. The fraction of sp³-hybridized carbons (Fsp3) is 0.368. The molecular weight excluding hydrogens is 346 g/mol. The molecule has 2 unspecified atom stereocenters. The summed E-state index contributed by atoms with van der Waals surface area (Å²) < 4.78 is 6.88. The second-order valence-electron chi connectivity index (χ2n) is 6.67. The molecule has 140 valence electrons. The minimum atomic E-state index is -0.450. The number of pyridine rings is 1. The van der Waals surface area contributed by atoms with Gasteiger partial charge in [-0.3, -0.25) is 14.6 Å². The third kappa shape index (κ3) is 3.48. The van der Waals surface area contributed by atoms with Crippen molar-refractivity contribution in [2.24, 2.45) is 7.05 Å². The Kier molecular flexibility index (Phi) is 4.72. The largest absolute Gasteiger partial charge is 0.441 e. The first-order chi connectivity index (χ1) is 13.2. The summed E-state index contributed by atoms with van der Waals surface area (Å²) in [6.45, 7) is 0.309. The number of ether oxygens (including phenoxy) is 1. The number of allylic oxidation sites excluding steroid dienone is 3. The number of fused-ring (bicyclic) bond motifs is 1. The SMILES string of the molecule is Cn1cc(-c2ccc(C3=CCCC4C(CO)OC(=O)N4CC=C3)cn2)nn1. The summed E-state index contributed by atoms with van der Waals surface area (Å²) in [6, 6.07) is 3.84. The Labute approximate surface area is 156 Å². The van der Waals surface area contributed by atoms with Crippen molar-refractivity contribution < 1.29 is 14.6 Å². The summed E-state index contributed by atoms with van der Waals surface area (Å²) in [6.07, 6.45) is 10.4. The molecule has 1 saturated heterocycles. The fourth-order valence-corrected chi connectivity index (χ4v) is 3.49. The van der Waals surface area contributed by atoms with Crippen molar-refractivity contribution in [3.63, 3.8) is 0 Å². The van der Waals surface area contributed by atoms with Gasteiger partial charge in [-0.25, -0.2) is 4.79 Å². The van der Waals surface area contributed by atoms with Crippen LogP contribution in [0, 0.1) is 0 Å². The van der Waals surface area contributed by atoms with E-state index in [4.69, 9.17) is 4.74 Å². The summed E-state index contributed by atoms with van der Waals surface area (Å²) in [5.41, 5.74) is 3.57. The molecule has 0 spiro atoms. The zero-order valence-corrected chi connectivity index (χ0v) is 15.0. The first-order valence-electron chi connectivity index (χ1n) is 8.93. The zero-order valence-electron chi connectivity index (χ0n) is 15.0. The van der Waals surface area contributed by atoms with Crippen LogP contribution in [0.2, 0.25) is 0 Å². The molecular formula is C19H21N5O3. The zero-order chi connectivity index (χ0) is 18.8. The van der Waals surface area contributed by atoms with Crippen molar-refractivity contribution in [3.8, 4) is 11.4 Å². The predicted octanol–water partition coefficient (Wildman–Crippen LogP) is 1.79. The number of hydrogen-bond donors (Lipinski definition) is 1. The Balaban J connectivity index is 1.54. The lowest BCUT2D eigenvalue weighted by Crippen LogP contribution is -2.37. The first-order valence-corrected chi connectivity index (χ1v) is 8.93. The standard InChI is InChI=1S/C19H21N5O3/c1-23-11-16(21-22-23)15-8-7-14(10-20-15)13-4-2-6-17-18(12-25)27-19(26)24(17)9-3-5-13/h3-5,7-8,10-11,17-18,25H,2,6,9,12H2,1H3. The van der Waals surface area contributed by atoms with E-state index in [2.05, 4.69) is 21.4 Å². The van der Waals surface area contributed by atoms with E-state index < -0.39 is 6.10 Å². The summed E-state index contributed by atoms with van der Waals surface area (Å²) in [5.74, 6) is 0. The van der Waals surface area contributed by atoms with E-state index in [0.29, 0.717) is 6.54 Å². The summed E-state index contributed by atoms with van der Waals surface area (Å²) >= 11 is 0. The minimum absolute atomic E-state index is 0.0973. The molecule has 4 heterocycles. The highest BCUT2D eigenvalue weighted by atomic mass is 16.6. The molecule has 0 saturated carbocycles. The maximum atomic E-state index is 12.0. The van der Waals surface area contributed by atoms with E-state index in [0.717, 1.165) is 35.4 Å². The summed E-state index contributed by atoms with van der Waals surface area (Å²) in [4.78, 5) is 18.2. The van der Waals surface area contributed by atoms with Gasteiger partial charge in [0.15, 0.2) is 0 Å². The van der Waals surface area contributed by atoms with Crippen molar-refractivity contribution in [3.05, 3.63) is 48.3 Å². The van der Waals surface area contributed by atoms with Crippen LogP contribution >= 0.6 is 0 Å². The number of nitrogens with zero attached hydrogens (tertiary/aromatic N) is 5. The van der Waals surface area contributed by atoms with E-state index in [-0.39, 0.29) is 18.7 Å². The molecule has 1 amide bonds. The third-order valence-electron chi connectivity index (χ3n) is 4.88. The number of cyclic esters (lactones) is 1. The average molecular weight is 367 g/mol. The van der Waals surface area contributed by atoms with Gasteiger partial charge in [-0.15, -0.1) is 5.10 Å². The van der Waals surface area contributed by atoms with Gasteiger partial charge >= 0.3 is 6.09 Å². The number of aromatic nitrogens is 4. The molecule has 1 fully saturated rings. The molecule has 2 aliphatic heterocycles. The molecule has 8 nitrogen and oxygen atoms in total. The number of hydrogen-bond acceptors (Lipinski definition) is 6. The number of rotatable bonds is 3. The van der Waals surface area contributed by atoms with Crippen molar-refractivity contribution in [1.82, 2.24) is 24.9 Å². The molecule has 27 heavy (non-hydrogen) atoms. The number of aryl methyl sites for hydroxylation is 1. The molecule has 4 rings (SSSR count). The number of aliphatic hydroxyl groups excluding tert-OH is 1. The van der Waals surface area contributed by atoms with E-state index in [1.54, 1.807) is 9.58 Å². The van der Waals surface area contributed by atoms with Crippen LogP contribution in [0.1, 0.15) is 18.4 Å². The van der Waals surface area contributed by atoms with Gasteiger partial charge in [0.1, 0.15) is 11.8 Å². The first kappa shape index (κ1) is 17.4. The van der Waals surface area contributed by atoms with Gasteiger partial charge < -0.3 is 9.84 Å².